The zero-order chi connectivity index (χ0) is 57.1. The zero-order valence-electron chi connectivity index (χ0n) is 42.8. The molecule has 0 radical (unpaired) electrons. The fourth-order valence-electron chi connectivity index (χ4n) is 8.78. The van der Waals surface area contributed by atoms with Crippen LogP contribution in [0.2, 0.25) is 0 Å². The fourth-order valence-corrected chi connectivity index (χ4v) is 10.1. The van der Waals surface area contributed by atoms with Crippen LogP contribution in [0.5, 0.6) is 11.6 Å². The van der Waals surface area contributed by atoms with E-state index in [-0.39, 0.29) is 57.9 Å². The van der Waals surface area contributed by atoms with Gasteiger partial charge in [-0.2, -0.15) is 31.6 Å². The van der Waals surface area contributed by atoms with Gasteiger partial charge in [0, 0.05) is 38.1 Å². The largest absolute Gasteiger partial charge is 0.491 e. The van der Waals surface area contributed by atoms with Crippen LogP contribution in [0.3, 0.4) is 0 Å². The van der Waals surface area contributed by atoms with Crippen molar-refractivity contribution in [2.75, 3.05) is 42.8 Å². The predicted octanol–water partition coefficient (Wildman–Crippen LogP) is 8.77. The van der Waals surface area contributed by atoms with Crippen LogP contribution in [0, 0.1) is 29.5 Å². The second kappa shape index (κ2) is 23.4. The number of hydrogen-bond acceptors (Lipinski definition) is 13. The number of aromatic nitrogens is 2. The molecule has 25 heteroatoms. The van der Waals surface area contributed by atoms with Gasteiger partial charge < -0.3 is 39.8 Å². The number of amides is 4. The summed E-state index contributed by atoms with van der Waals surface area (Å²) in [7, 11) is 0. The SMILES string of the molecule is Cc1ncsc1-c1ccc(CNC(=O)[C@@H]2C[C@@H](O)CN2C(=O)[C@@H](NC(=O)c2ccc(OCCOCCCOc3ncc(N4C(=S)N(c5ccc(C#N)c(C(F)(F)F)c5F)C(=O)C4(C)C)cc3C(F)(F)F)cc2)C(C)(C)C)cc1. The molecule has 2 aromatic heterocycles. The van der Waals surface area contributed by atoms with E-state index in [2.05, 4.69) is 20.6 Å². The zero-order valence-corrected chi connectivity index (χ0v) is 44.5. The van der Waals surface area contributed by atoms with E-state index in [9.17, 15) is 50.6 Å². The minimum Gasteiger partial charge on any atom is -0.491 e. The molecule has 7 rings (SSSR count). The number of carbonyl (C=O) groups is 4. The second-order valence-electron chi connectivity index (χ2n) is 19.8. The van der Waals surface area contributed by atoms with Crippen molar-refractivity contribution in [3.05, 3.63) is 118 Å². The summed E-state index contributed by atoms with van der Waals surface area (Å²) in [6.07, 6.45) is -10.3. The average Bonchev–Trinajstić information content (AvgIpc) is 4.19. The van der Waals surface area contributed by atoms with Gasteiger partial charge in [0.2, 0.25) is 17.7 Å². The van der Waals surface area contributed by atoms with Gasteiger partial charge in [-0.25, -0.2) is 14.4 Å². The summed E-state index contributed by atoms with van der Waals surface area (Å²) >= 11 is 6.88. The molecule has 414 valence electrons. The van der Waals surface area contributed by atoms with Crippen LogP contribution in [-0.4, -0.2) is 105 Å². The molecule has 2 fully saturated rings. The molecule has 2 saturated heterocycles. The van der Waals surface area contributed by atoms with Gasteiger partial charge in [0.25, 0.3) is 11.8 Å². The Morgan fingerprint density at radius 1 is 0.949 bits per heavy atom. The first-order valence-corrected chi connectivity index (χ1v) is 25.5. The molecule has 16 nitrogen and oxygen atoms in total. The number of nitriles is 1. The Labute approximate surface area is 453 Å². The molecule has 2 aliphatic heterocycles. The minimum atomic E-state index is -5.34. The lowest BCUT2D eigenvalue weighted by Crippen LogP contribution is -2.57. The van der Waals surface area contributed by atoms with Crippen LogP contribution < -0.4 is 29.9 Å². The van der Waals surface area contributed by atoms with Gasteiger partial charge in [0.05, 0.1) is 64.6 Å². The molecule has 3 N–H and O–H groups in total. The fraction of sp³-hybridized carbons (Fsp3) is 0.396. The molecule has 0 saturated carbocycles. The number of thiazole rings is 1. The molecule has 0 aliphatic carbocycles. The molecule has 3 aromatic carbocycles. The lowest BCUT2D eigenvalue weighted by molar-refractivity contribution is -0.142. The predicted molar refractivity (Wildman–Crippen MR) is 276 cm³/mol. The third-order valence-corrected chi connectivity index (χ3v) is 14.1. The topological polar surface area (TPSA) is 200 Å². The molecule has 4 heterocycles. The van der Waals surface area contributed by atoms with Gasteiger partial charge in [0.15, 0.2) is 10.9 Å². The Morgan fingerprint density at radius 2 is 1.64 bits per heavy atom. The molecule has 2 aliphatic rings. The number of ether oxygens (including phenoxy) is 3. The van der Waals surface area contributed by atoms with Crippen molar-refractivity contribution < 1.29 is 69.2 Å². The molecule has 5 aromatic rings. The standard InChI is InChI=1S/C53H53F7N8O8S2/c1-29-42(78-28-64-29)31-10-8-30(9-11-31)25-62-45(71)39-23-35(69)27-66(39)47(72)43(50(2,3)4)65-44(70)32-12-15-36(16-13-32)75-21-20-74-18-7-19-76-46-37(52(55,56)57)22-34(26-63-46)68-49(77)67(48(73)51(68,5)6)38-17-14-33(24-61)40(41(38)54)53(58,59)60/h8-17,22,26,28,35,39,43,69H,7,18-21,23,25,27H2,1-6H3,(H,62,71)(H,65,70)/t35-,39+,43-/m1/s1. The monoisotopic (exact) mass is 1130 g/mol. The van der Waals surface area contributed by atoms with Crippen molar-refractivity contribution in [3.8, 4) is 28.1 Å². The number of hydrogen-bond donors (Lipinski definition) is 3. The van der Waals surface area contributed by atoms with E-state index in [1.54, 1.807) is 26.3 Å². The van der Waals surface area contributed by atoms with Gasteiger partial charge in [-0.15, -0.1) is 11.3 Å². The summed E-state index contributed by atoms with van der Waals surface area (Å²) in [5, 5.41) is 24.8. The number of thiocarbonyl (C=S) groups is 1. The third-order valence-electron chi connectivity index (χ3n) is 12.8. The number of aliphatic hydroxyl groups excluding tert-OH is 1. The van der Waals surface area contributed by atoms with Gasteiger partial charge in [-0.3, -0.25) is 24.1 Å². The highest BCUT2D eigenvalue weighted by molar-refractivity contribution is 7.81. The summed E-state index contributed by atoms with van der Waals surface area (Å²) in [4.78, 5) is 66.5. The number of pyridine rings is 1. The van der Waals surface area contributed by atoms with E-state index in [0.29, 0.717) is 22.8 Å². The van der Waals surface area contributed by atoms with Crippen molar-refractivity contribution in [2.24, 2.45) is 5.41 Å². The van der Waals surface area contributed by atoms with Crippen molar-refractivity contribution in [3.63, 3.8) is 0 Å². The van der Waals surface area contributed by atoms with Gasteiger partial charge in [-0.05, 0) is 92.0 Å². The number of aliphatic hydroxyl groups is 1. The molecule has 0 spiro atoms. The quantitative estimate of drug-likeness (QED) is 0.0428. The molecule has 0 bridgehead atoms. The maximum absolute atomic E-state index is 15.4. The Kier molecular flexibility index (Phi) is 17.5. The van der Waals surface area contributed by atoms with Crippen LogP contribution in [0.1, 0.15) is 85.8 Å². The number of rotatable bonds is 18. The first-order chi connectivity index (χ1) is 36.6. The molecule has 78 heavy (non-hydrogen) atoms. The minimum absolute atomic E-state index is 0.0245. The summed E-state index contributed by atoms with van der Waals surface area (Å²) in [6.45, 7) is 9.62. The number of likely N-dealkylation sites (tertiary alicyclic amines) is 1. The van der Waals surface area contributed by atoms with E-state index < -0.39 is 110 Å². The highest BCUT2D eigenvalue weighted by Crippen LogP contribution is 2.44. The van der Waals surface area contributed by atoms with Crippen molar-refractivity contribution in [1.82, 2.24) is 25.5 Å². The second-order valence-corrected chi connectivity index (χ2v) is 21.0. The summed E-state index contributed by atoms with van der Waals surface area (Å²) < 4.78 is 117. The first kappa shape index (κ1) is 58.4. The van der Waals surface area contributed by atoms with Gasteiger partial charge in [0.1, 0.15) is 41.1 Å². The Balaban J connectivity index is 0.874. The third kappa shape index (κ3) is 12.8. The molecule has 3 atom stereocenters. The number of aryl methyl sites for hydroxylation is 1. The Bertz CT molecular complexity index is 3110. The van der Waals surface area contributed by atoms with Crippen LogP contribution in [0.4, 0.5) is 42.1 Å². The van der Waals surface area contributed by atoms with Crippen LogP contribution in [0.15, 0.2) is 78.4 Å². The van der Waals surface area contributed by atoms with E-state index in [1.165, 1.54) is 60.4 Å². The lowest BCUT2D eigenvalue weighted by Gasteiger charge is -2.35. The van der Waals surface area contributed by atoms with Gasteiger partial charge in [-0.1, -0.05) is 45.0 Å². The number of anilines is 2. The molecular weight excluding hydrogens is 1070 g/mol. The number of halogens is 7. The summed E-state index contributed by atoms with van der Waals surface area (Å²) in [5.74, 6) is -5.03. The first-order valence-electron chi connectivity index (χ1n) is 24.2. The summed E-state index contributed by atoms with van der Waals surface area (Å²) in [6, 6.07) is 14.9. The van der Waals surface area contributed by atoms with Crippen molar-refractivity contribution in [2.45, 2.75) is 97.0 Å². The van der Waals surface area contributed by atoms with E-state index >= 15 is 4.39 Å². The van der Waals surface area contributed by atoms with E-state index in [0.717, 1.165) is 38.9 Å². The normalized spacial score (nSPS) is 17.0. The number of carbonyl (C=O) groups excluding carboxylic acids is 4. The smallest absolute Gasteiger partial charge is 0.421 e. The molecule has 4 amide bonds. The number of nitrogens with zero attached hydrogens (tertiary/aromatic N) is 6. The molecular formula is C53H53F7N8O8S2. The van der Waals surface area contributed by atoms with Gasteiger partial charge >= 0.3 is 12.4 Å². The van der Waals surface area contributed by atoms with Crippen molar-refractivity contribution >= 4 is 63.7 Å². The lowest BCUT2D eigenvalue weighted by atomic mass is 9.85. The van der Waals surface area contributed by atoms with E-state index in [4.69, 9.17) is 31.7 Å². The number of alkyl halides is 6. The Morgan fingerprint density at radius 3 is 2.26 bits per heavy atom. The van der Waals surface area contributed by atoms with Crippen LogP contribution in [0.25, 0.3) is 10.4 Å². The van der Waals surface area contributed by atoms with E-state index in [1.807, 2.05) is 31.2 Å². The number of β-amino-alcohol motifs (C(OH)–C–C–N with tert-alkyl or cyclic N) is 1. The number of nitrogens with one attached hydrogen (secondary N) is 2. The number of benzene rings is 3. The van der Waals surface area contributed by atoms with Crippen molar-refractivity contribution in [1.29, 1.82) is 5.26 Å². The van der Waals surface area contributed by atoms with Crippen LogP contribution >= 0.6 is 23.6 Å². The van der Waals surface area contributed by atoms with Crippen LogP contribution in [-0.2, 0) is 38.0 Å². The maximum atomic E-state index is 15.4. The average molecular weight is 1130 g/mol. The maximum Gasteiger partial charge on any atom is 0.421 e. The molecule has 0 unspecified atom stereocenters. The highest BCUT2D eigenvalue weighted by Gasteiger charge is 2.53. The summed E-state index contributed by atoms with van der Waals surface area (Å²) in [5.41, 5.74) is -3.63. The highest BCUT2D eigenvalue weighted by atomic mass is 32.1. The Hall–Kier alpha value is -7.27.